The Morgan fingerprint density at radius 3 is 2.58 bits per heavy atom. The Balaban J connectivity index is 2.01. The van der Waals surface area contributed by atoms with Crippen LogP contribution < -0.4 is 5.32 Å². The van der Waals surface area contributed by atoms with E-state index in [1.807, 2.05) is 25.5 Å². The second kappa shape index (κ2) is 8.65. The molecule has 0 aliphatic carbocycles. The molecule has 0 saturated heterocycles. The predicted octanol–water partition coefficient (Wildman–Crippen LogP) is 3.21. The average molecular weight is 360 g/mol. The van der Waals surface area contributed by atoms with Crippen LogP contribution in [0.1, 0.15) is 46.2 Å². The van der Waals surface area contributed by atoms with Gasteiger partial charge in [0, 0.05) is 37.0 Å². The first kappa shape index (κ1) is 19.7. The summed E-state index contributed by atoms with van der Waals surface area (Å²) < 4.78 is 20.6. The molecule has 0 radical (unpaired) electrons. The van der Waals surface area contributed by atoms with Gasteiger partial charge in [-0.15, -0.1) is 0 Å². The van der Waals surface area contributed by atoms with Crippen molar-refractivity contribution in [1.29, 1.82) is 0 Å². The van der Waals surface area contributed by atoms with E-state index in [0.29, 0.717) is 24.2 Å². The van der Waals surface area contributed by atoms with E-state index in [-0.39, 0.29) is 30.7 Å². The molecule has 5 nitrogen and oxygen atoms in total. The van der Waals surface area contributed by atoms with E-state index in [4.69, 9.17) is 4.74 Å². The maximum Gasteiger partial charge on any atom is 0.340 e. The quantitative estimate of drug-likeness (QED) is 0.772. The summed E-state index contributed by atoms with van der Waals surface area (Å²) in [7, 11) is 1.87. The molecule has 0 spiro atoms. The van der Waals surface area contributed by atoms with E-state index in [9.17, 15) is 14.0 Å². The van der Waals surface area contributed by atoms with Crippen LogP contribution in [0.4, 0.5) is 4.39 Å². The molecule has 0 atom stereocenters. The molecule has 0 bridgehead atoms. The third-order valence-electron chi connectivity index (χ3n) is 4.58. The van der Waals surface area contributed by atoms with Crippen molar-refractivity contribution >= 4 is 11.9 Å². The van der Waals surface area contributed by atoms with Crippen molar-refractivity contribution in [3.63, 3.8) is 0 Å². The zero-order chi connectivity index (χ0) is 19.3. The van der Waals surface area contributed by atoms with E-state index < -0.39 is 0 Å². The van der Waals surface area contributed by atoms with Gasteiger partial charge in [-0.05, 0) is 38.8 Å². The average Bonchev–Trinajstić information content (AvgIpc) is 2.82. The second-order valence-electron chi connectivity index (χ2n) is 6.18. The molecule has 2 aromatic rings. The number of aromatic nitrogens is 1. The molecule has 140 valence electrons. The third-order valence-corrected chi connectivity index (χ3v) is 4.58. The van der Waals surface area contributed by atoms with Crippen LogP contribution in [-0.2, 0) is 29.5 Å². The van der Waals surface area contributed by atoms with E-state index >= 15 is 0 Å². The van der Waals surface area contributed by atoms with E-state index in [0.717, 1.165) is 17.0 Å². The van der Waals surface area contributed by atoms with Gasteiger partial charge in [0.2, 0.25) is 5.91 Å². The molecular formula is C20H25FN2O3. The molecule has 2 rings (SSSR count). The molecule has 0 unspecified atom stereocenters. The van der Waals surface area contributed by atoms with Crippen LogP contribution in [0.5, 0.6) is 0 Å². The summed E-state index contributed by atoms with van der Waals surface area (Å²) in [6.07, 6.45) is 0.751. The normalized spacial score (nSPS) is 10.7. The van der Waals surface area contributed by atoms with Crippen LogP contribution in [0, 0.1) is 19.7 Å². The summed E-state index contributed by atoms with van der Waals surface area (Å²) >= 11 is 0. The van der Waals surface area contributed by atoms with Gasteiger partial charge in [0.1, 0.15) is 5.82 Å². The second-order valence-corrected chi connectivity index (χ2v) is 6.18. The van der Waals surface area contributed by atoms with Gasteiger partial charge in [0.25, 0.3) is 0 Å². The van der Waals surface area contributed by atoms with Gasteiger partial charge in [-0.25, -0.2) is 9.18 Å². The zero-order valence-corrected chi connectivity index (χ0v) is 15.7. The summed E-state index contributed by atoms with van der Waals surface area (Å²) in [6, 6.07) is 6.36. The number of hydrogen-bond acceptors (Lipinski definition) is 3. The molecule has 1 aromatic heterocycles. The minimum Gasteiger partial charge on any atom is -0.462 e. The molecule has 26 heavy (non-hydrogen) atoms. The molecule has 0 saturated carbocycles. The molecule has 1 amide bonds. The molecule has 0 aliphatic heterocycles. The number of carbonyl (C=O) groups is 2. The number of ether oxygens (including phenoxy) is 1. The standard InChI is InChI=1S/C20H25FN2O3/c1-5-26-20(25)19-13(2)17(23(4)14(19)3)10-11-18(24)22-12-15-8-6-7-9-16(15)21/h6-9H,5,10-12H2,1-4H3,(H,22,24). The summed E-state index contributed by atoms with van der Waals surface area (Å²) in [4.78, 5) is 24.2. The minimum absolute atomic E-state index is 0.157. The Hall–Kier alpha value is -2.63. The van der Waals surface area contributed by atoms with E-state index in [2.05, 4.69) is 5.32 Å². The van der Waals surface area contributed by atoms with Gasteiger partial charge in [-0.1, -0.05) is 18.2 Å². The first-order chi connectivity index (χ1) is 12.4. The number of halogens is 1. The highest BCUT2D eigenvalue weighted by molar-refractivity contribution is 5.93. The molecular weight excluding hydrogens is 335 g/mol. The van der Waals surface area contributed by atoms with Crippen LogP contribution in [0.2, 0.25) is 0 Å². The maximum absolute atomic E-state index is 13.6. The number of nitrogens with zero attached hydrogens (tertiary/aromatic N) is 1. The van der Waals surface area contributed by atoms with Gasteiger partial charge in [-0.2, -0.15) is 0 Å². The van der Waals surface area contributed by atoms with Crippen LogP contribution in [-0.4, -0.2) is 23.1 Å². The lowest BCUT2D eigenvalue weighted by atomic mass is 10.1. The zero-order valence-electron chi connectivity index (χ0n) is 15.7. The first-order valence-corrected chi connectivity index (χ1v) is 8.68. The predicted molar refractivity (Wildman–Crippen MR) is 97.4 cm³/mol. The number of rotatable bonds is 7. The fourth-order valence-corrected chi connectivity index (χ4v) is 3.05. The Labute approximate surface area is 153 Å². The van der Waals surface area contributed by atoms with Crippen molar-refractivity contribution in [2.45, 2.75) is 40.2 Å². The fourth-order valence-electron chi connectivity index (χ4n) is 3.05. The number of esters is 1. The van der Waals surface area contributed by atoms with Crippen molar-refractivity contribution in [3.05, 3.63) is 58.2 Å². The van der Waals surface area contributed by atoms with Crippen molar-refractivity contribution < 1.29 is 18.7 Å². The van der Waals surface area contributed by atoms with Crippen molar-refractivity contribution in [1.82, 2.24) is 9.88 Å². The van der Waals surface area contributed by atoms with Gasteiger partial charge < -0.3 is 14.6 Å². The Morgan fingerprint density at radius 2 is 1.92 bits per heavy atom. The SMILES string of the molecule is CCOC(=O)c1c(C)c(CCC(=O)NCc2ccccc2F)n(C)c1C. The summed E-state index contributed by atoms with van der Waals surface area (Å²) in [6.45, 7) is 5.98. The van der Waals surface area contributed by atoms with Crippen molar-refractivity contribution in [2.24, 2.45) is 7.05 Å². The van der Waals surface area contributed by atoms with Crippen molar-refractivity contribution in [2.75, 3.05) is 6.61 Å². The van der Waals surface area contributed by atoms with Gasteiger partial charge in [-0.3, -0.25) is 4.79 Å². The number of carbonyl (C=O) groups excluding carboxylic acids is 2. The van der Waals surface area contributed by atoms with Gasteiger partial charge in [0.05, 0.1) is 12.2 Å². The van der Waals surface area contributed by atoms with Crippen molar-refractivity contribution in [3.8, 4) is 0 Å². The highest BCUT2D eigenvalue weighted by atomic mass is 19.1. The first-order valence-electron chi connectivity index (χ1n) is 8.68. The van der Waals surface area contributed by atoms with E-state index in [1.165, 1.54) is 6.07 Å². The Morgan fingerprint density at radius 1 is 1.23 bits per heavy atom. The van der Waals surface area contributed by atoms with Crippen LogP contribution in [0.25, 0.3) is 0 Å². The number of hydrogen-bond donors (Lipinski definition) is 1. The maximum atomic E-state index is 13.6. The number of benzene rings is 1. The molecule has 0 fully saturated rings. The van der Waals surface area contributed by atoms with Gasteiger partial charge in [0.15, 0.2) is 0 Å². The number of amides is 1. The molecule has 1 heterocycles. The topological polar surface area (TPSA) is 60.3 Å². The summed E-state index contributed by atoms with van der Waals surface area (Å²) in [5, 5.41) is 2.73. The third kappa shape index (κ3) is 4.31. The lowest BCUT2D eigenvalue weighted by Crippen LogP contribution is -2.23. The summed E-state index contributed by atoms with van der Waals surface area (Å²) in [5.41, 5.74) is 3.60. The highest BCUT2D eigenvalue weighted by Crippen LogP contribution is 2.23. The molecule has 1 aromatic carbocycles. The highest BCUT2D eigenvalue weighted by Gasteiger charge is 2.22. The summed E-state index contributed by atoms with van der Waals surface area (Å²) in [5.74, 6) is -0.835. The largest absolute Gasteiger partial charge is 0.462 e. The Bertz CT molecular complexity index is 812. The fraction of sp³-hybridized carbons (Fsp3) is 0.400. The lowest BCUT2D eigenvalue weighted by Gasteiger charge is -2.08. The van der Waals surface area contributed by atoms with Gasteiger partial charge >= 0.3 is 5.97 Å². The molecule has 6 heteroatoms. The smallest absolute Gasteiger partial charge is 0.340 e. The van der Waals surface area contributed by atoms with Crippen LogP contribution in [0.3, 0.4) is 0 Å². The minimum atomic E-state index is -0.339. The van der Waals surface area contributed by atoms with Crippen LogP contribution >= 0.6 is 0 Å². The van der Waals surface area contributed by atoms with E-state index in [1.54, 1.807) is 25.1 Å². The Kier molecular flexibility index (Phi) is 6.55. The lowest BCUT2D eigenvalue weighted by molar-refractivity contribution is -0.121. The monoisotopic (exact) mass is 360 g/mol. The number of nitrogens with one attached hydrogen (secondary N) is 1. The van der Waals surface area contributed by atoms with Crippen LogP contribution in [0.15, 0.2) is 24.3 Å². The molecule has 1 N–H and O–H groups in total. The molecule has 0 aliphatic rings.